The molecule has 2 aromatic rings. The van der Waals surface area contributed by atoms with Crippen molar-refractivity contribution in [1.29, 1.82) is 0 Å². The van der Waals surface area contributed by atoms with Gasteiger partial charge in [-0.15, -0.1) is 0 Å². The lowest BCUT2D eigenvalue weighted by molar-refractivity contribution is -0.144. The molecule has 6 heteroatoms. The number of hydrogen-bond acceptors (Lipinski definition) is 3. The minimum Gasteiger partial charge on any atom is -0.480 e. The van der Waals surface area contributed by atoms with Gasteiger partial charge in [-0.2, -0.15) is 0 Å². The van der Waals surface area contributed by atoms with Gasteiger partial charge in [-0.1, -0.05) is 30.3 Å². The van der Waals surface area contributed by atoms with E-state index in [0.717, 1.165) is 23.6 Å². The van der Waals surface area contributed by atoms with Crippen molar-refractivity contribution in [3.8, 4) is 0 Å². The summed E-state index contributed by atoms with van der Waals surface area (Å²) in [6.45, 7) is -0.0878. The first-order valence-corrected chi connectivity index (χ1v) is 8.33. The molecular formula is C19H20N2O4. The Morgan fingerprint density at radius 3 is 2.48 bits per heavy atom. The Morgan fingerprint density at radius 2 is 1.80 bits per heavy atom. The molecule has 2 amide bonds. The summed E-state index contributed by atoms with van der Waals surface area (Å²) >= 11 is 0. The number of benzene rings is 2. The third kappa shape index (κ3) is 4.35. The van der Waals surface area contributed by atoms with Crippen molar-refractivity contribution in [2.45, 2.75) is 25.3 Å². The lowest BCUT2D eigenvalue weighted by Crippen LogP contribution is -2.39. The number of hydrogen-bond donors (Lipinski definition) is 2. The average Bonchev–Trinajstić information content (AvgIpc) is 3.43. The van der Waals surface area contributed by atoms with E-state index in [1.165, 1.54) is 4.90 Å². The fourth-order valence-electron chi connectivity index (χ4n) is 2.81. The highest BCUT2D eigenvalue weighted by Gasteiger charge is 2.33. The molecule has 1 aliphatic rings. The van der Waals surface area contributed by atoms with E-state index < -0.39 is 5.97 Å². The maximum atomic E-state index is 12.2. The second-order valence-corrected chi connectivity index (χ2v) is 6.21. The lowest BCUT2D eigenvalue weighted by Gasteiger charge is -2.20. The molecule has 0 heterocycles. The number of carboxylic acids is 1. The van der Waals surface area contributed by atoms with Gasteiger partial charge in [0.2, 0.25) is 5.91 Å². The van der Waals surface area contributed by atoms with Crippen molar-refractivity contribution < 1.29 is 19.5 Å². The van der Waals surface area contributed by atoms with Crippen LogP contribution in [0.15, 0.2) is 42.5 Å². The molecule has 6 nitrogen and oxygen atoms in total. The number of nitrogens with zero attached hydrogens (tertiary/aromatic N) is 1. The number of carbonyl (C=O) groups excluding carboxylic acids is 2. The molecular weight excluding hydrogens is 320 g/mol. The van der Waals surface area contributed by atoms with Gasteiger partial charge in [0.15, 0.2) is 0 Å². The molecule has 1 aliphatic carbocycles. The summed E-state index contributed by atoms with van der Waals surface area (Å²) in [6.07, 6.45) is 1.80. The van der Waals surface area contributed by atoms with Gasteiger partial charge in [0.25, 0.3) is 5.91 Å². The van der Waals surface area contributed by atoms with Gasteiger partial charge in [-0.3, -0.25) is 14.4 Å². The summed E-state index contributed by atoms with van der Waals surface area (Å²) in [5, 5.41) is 13.7. The van der Waals surface area contributed by atoms with E-state index in [-0.39, 0.29) is 37.4 Å². The van der Waals surface area contributed by atoms with Gasteiger partial charge in [0.05, 0.1) is 0 Å². The van der Waals surface area contributed by atoms with E-state index in [1.54, 1.807) is 6.07 Å². The second-order valence-electron chi connectivity index (χ2n) is 6.21. The minimum atomic E-state index is -1.01. The molecule has 0 radical (unpaired) electrons. The molecule has 0 aromatic heterocycles. The van der Waals surface area contributed by atoms with Crippen LogP contribution in [-0.2, 0) is 9.59 Å². The minimum absolute atomic E-state index is 0.0415. The van der Waals surface area contributed by atoms with Crippen molar-refractivity contribution in [2.24, 2.45) is 0 Å². The number of aliphatic carboxylic acids is 1. The fourth-order valence-corrected chi connectivity index (χ4v) is 2.81. The van der Waals surface area contributed by atoms with Gasteiger partial charge >= 0.3 is 5.97 Å². The first-order valence-electron chi connectivity index (χ1n) is 8.33. The molecule has 0 unspecified atom stereocenters. The summed E-state index contributed by atoms with van der Waals surface area (Å²) < 4.78 is 0. The van der Waals surface area contributed by atoms with Crippen LogP contribution in [0, 0.1) is 0 Å². The molecule has 1 fully saturated rings. The van der Waals surface area contributed by atoms with E-state index in [2.05, 4.69) is 5.32 Å². The summed E-state index contributed by atoms with van der Waals surface area (Å²) in [7, 11) is 0. The second kappa shape index (κ2) is 7.34. The van der Waals surface area contributed by atoms with Gasteiger partial charge in [0, 0.05) is 24.6 Å². The Bertz CT molecular complexity index is 814. The van der Waals surface area contributed by atoms with Crippen molar-refractivity contribution in [1.82, 2.24) is 10.2 Å². The number of carbonyl (C=O) groups is 3. The largest absolute Gasteiger partial charge is 0.480 e. The molecule has 2 aromatic carbocycles. The summed E-state index contributed by atoms with van der Waals surface area (Å²) in [6, 6.07) is 13.3. The predicted octanol–water partition coefficient (Wildman–Crippen LogP) is 2.04. The van der Waals surface area contributed by atoms with E-state index >= 15 is 0 Å². The maximum Gasteiger partial charge on any atom is 0.323 e. The molecule has 0 spiro atoms. The van der Waals surface area contributed by atoms with E-state index in [1.807, 2.05) is 36.4 Å². The van der Waals surface area contributed by atoms with Crippen molar-refractivity contribution >= 4 is 28.6 Å². The quantitative estimate of drug-likeness (QED) is 0.807. The number of amides is 2. The summed E-state index contributed by atoms with van der Waals surface area (Å²) in [5.41, 5.74) is 0.538. The molecule has 0 atom stereocenters. The fraction of sp³-hybridized carbons (Fsp3) is 0.316. The number of rotatable bonds is 7. The standard InChI is InChI=1S/C19H20N2O4/c22-17(21(12-18(23)24)16-7-8-16)9-10-20-19(25)15-6-5-13-3-1-2-4-14(13)11-15/h1-6,11,16H,7-10,12H2,(H,20,25)(H,23,24). The first-order chi connectivity index (χ1) is 12.0. The monoisotopic (exact) mass is 340 g/mol. The van der Waals surface area contributed by atoms with Crippen LogP contribution >= 0.6 is 0 Å². The summed E-state index contributed by atoms with van der Waals surface area (Å²) in [4.78, 5) is 36.6. The van der Waals surface area contributed by atoms with Crippen LogP contribution in [0.5, 0.6) is 0 Å². The van der Waals surface area contributed by atoms with Gasteiger partial charge in [-0.25, -0.2) is 0 Å². The molecule has 25 heavy (non-hydrogen) atoms. The third-order valence-corrected chi connectivity index (χ3v) is 4.25. The van der Waals surface area contributed by atoms with Gasteiger partial charge in [0.1, 0.15) is 6.54 Å². The highest BCUT2D eigenvalue weighted by molar-refractivity contribution is 5.98. The molecule has 1 saturated carbocycles. The smallest absolute Gasteiger partial charge is 0.323 e. The van der Waals surface area contributed by atoms with Crippen LogP contribution in [-0.4, -0.2) is 46.9 Å². The van der Waals surface area contributed by atoms with E-state index in [4.69, 9.17) is 5.11 Å². The highest BCUT2D eigenvalue weighted by atomic mass is 16.4. The number of fused-ring (bicyclic) bond motifs is 1. The third-order valence-electron chi connectivity index (χ3n) is 4.25. The lowest BCUT2D eigenvalue weighted by atomic mass is 10.1. The van der Waals surface area contributed by atoms with E-state index in [0.29, 0.717) is 5.56 Å². The zero-order valence-electron chi connectivity index (χ0n) is 13.8. The van der Waals surface area contributed by atoms with Crippen LogP contribution in [0.2, 0.25) is 0 Å². The van der Waals surface area contributed by atoms with Gasteiger partial charge < -0.3 is 15.3 Å². The number of nitrogens with one attached hydrogen (secondary N) is 1. The zero-order chi connectivity index (χ0) is 17.8. The Morgan fingerprint density at radius 1 is 1.08 bits per heavy atom. The highest BCUT2D eigenvalue weighted by Crippen LogP contribution is 2.27. The summed E-state index contributed by atoms with van der Waals surface area (Å²) in [5.74, 6) is -1.49. The Kier molecular flexibility index (Phi) is 4.97. The van der Waals surface area contributed by atoms with Crippen LogP contribution in [0.25, 0.3) is 10.8 Å². The van der Waals surface area contributed by atoms with E-state index in [9.17, 15) is 14.4 Å². The molecule has 2 N–H and O–H groups in total. The molecule has 0 saturated heterocycles. The van der Waals surface area contributed by atoms with Gasteiger partial charge in [-0.05, 0) is 35.7 Å². The first kappa shape index (κ1) is 17.0. The van der Waals surface area contributed by atoms with Crippen LogP contribution in [0.1, 0.15) is 29.6 Å². The molecule has 0 bridgehead atoms. The zero-order valence-corrected chi connectivity index (χ0v) is 13.8. The Hall–Kier alpha value is -2.89. The molecule has 0 aliphatic heterocycles. The van der Waals surface area contributed by atoms with Crippen molar-refractivity contribution in [2.75, 3.05) is 13.1 Å². The number of carboxylic acid groups (broad SMARTS) is 1. The SMILES string of the molecule is O=C(O)CN(C(=O)CCNC(=O)c1ccc2ccccc2c1)C1CC1. The van der Waals surface area contributed by atoms with Crippen LogP contribution in [0.4, 0.5) is 0 Å². The molecule has 3 rings (SSSR count). The van der Waals surface area contributed by atoms with Crippen molar-refractivity contribution in [3.63, 3.8) is 0 Å². The Labute approximate surface area is 145 Å². The Balaban J connectivity index is 1.54. The maximum absolute atomic E-state index is 12.2. The average molecular weight is 340 g/mol. The van der Waals surface area contributed by atoms with Crippen LogP contribution < -0.4 is 5.32 Å². The molecule has 130 valence electrons. The van der Waals surface area contributed by atoms with Crippen molar-refractivity contribution in [3.05, 3.63) is 48.0 Å². The topological polar surface area (TPSA) is 86.7 Å². The van der Waals surface area contributed by atoms with Crippen LogP contribution in [0.3, 0.4) is 0 Å². The predicted molar refractivity (Wildman–Crippen MR) is 93.3 cm³/mol. The normalized spacial score (nSPS) is 13.4.